The number of benzene rings is 3. The van der Waals surface area contributed by atoms with Crippen molar-refractivity contribution in [1.82, 2.24) is 46.8 Å². The van der Waals surface area contributed by atoms with Crippen LogP contribution in [0.1, 0.15) is 126 Å². The number of carbonyl (C=O) groups excluding carboxylic acids is 10. The highest BCUT2D eigenvalue weighted by Gasteiger charge is 2.54. The molecule has 20 N–H and O–H groups in total. The second-order valence-electron chi connectivity index (χ2n) is 26.9. The molecule has 35 heteroatoms. The highest BCUT2D eigenvalue weighted by molar-refractivity contribution is 7.99. The van der Waals surface area contributed by atoms with E-state index in [4.69, 9.17) is 61.8 Å². The number of aromatic nitrogens is 2. The standard InChI is InChI=1S/C73H101N15O19S/c1-9-36(3)60(69(97)84-46(18-13-14-23-74)67(95)86-61(37(4)10-2)70(98)85-49(65(93)79-5)26-39-32-81-45-17-12-11-16-40(39)45)87-68(96)48(20-21-55(76)89)83-66(94)47(19-15-24-80-73(77)78)82-64(92)44(75)34-108-54-31-56(90)88(71(54)99)25-22-57(91)107-62-42-30-51-50(105-35-106-51)29-41(42)58(59-43(62)33-104-72(59)100)38-27-52(101-6)63(103-8)53(28-38)102-7/h11-12,16-17,27-32,36-37,43-44,46-49,58-62,81,90,99H,9-10,13-15,18-26,33-35,74-75H2,1-8H3,(H2,76,89)(H,79,93)(H,82,92)(H,83,94)(H,84,97)(H,85,98)(H,86,95)(H,87,96)(H4,77,78,80)/t36-,37?,43+,44+,46-,47-,48-,49-,58-,59+,60?,61-,62+/m1/s1. The van der Waals surface area contributed by atoms with Gasteiger partial charge in [0.25, 0.3) is 0 Å². The highest BCUT2D eigenvalue weighted by atomic mass is 32.2. The lowest BCUT2D eigenvalue weighted by Crippen LogP contribution is -2.61. The average molecular weight is 1520 g/mol. The molecule has 34 nitrogen and oxygen atoms in total. The minimum atomic E-state index is -1.56. The maximum Gasteiger partial charge on any atom is 0.310 e. The monoisotopic (exact) mass is 1520 g/mol. The summed E-state index contributed by atoms with van der Waals surface area (Å²) in [6, 6.07) is 6.34. The number of cyclic esters (lactones) is 1. The van der Waals surface area contributed by atoms with E-state index in [0.29, 0.717) is 71.1 Å². The topological polar surface area (TPSA) is 523 Å². The van der Waals surface area contributed by atoms with Gasteiger partial charge < -0.3 is 114 Å². The fourth-order valence-electron chi connectivity index (χ4n) is 13.4. The Kier molecular flexibility index (Phi) is 29.8. The molecule has 2 unspecified atom stereocenters. The largest absolute Gasteiger partial charge is 0.494 e. The van der Waals surface area contributed by atoms with Gasteiger partial charge in [-0.05, 0) is 104 Å². The van der Waals surface area contributed by atoms with Gasteiger partial charge >= 0.3 is 11.9 Å². The van der Waals surface area contributed by atoms with E-state index < -0.39 is 162 Å². The zero-order valence-corrected chi connectivity index (χ0v) is 62.6. The molecule has 0 spiro atoms. The number of aromatic amines is 1. The zero-order chi connectivity index (χ0) is 78.6. The molecular formula is C73H101N15O19S. The first-order valence-corrected chi connectivity index (χ1v) is 36.9. The minimum absolute atomic E-state index is 0.00315. The number of amides is 8. The van der Waals surface area contributed by atoms with Gasteiger partial charge in [-0.2, -0.15) is 0 Å². The molecule has 0 bridgehead atoms. The number of likely N-dealkylation sites (N-methyl/N-ethyl adjacent to an activating group) is 1. The van der Waals surface area contributed by atoms with Crippen LogP contribution in [0.2, 0.25) is 0 Å². The Balaban J connectivity index is 0.921. The highest BCUT2D eigenvalue weighted by Crippen LogP contribution is 2.57. The molecule has 588 valence electrons. The number of H-pyrrole nitrogens is 1. The van der Waals surface area contributed by atoms with Gasteiger partial charge in [0.15, 0.2) is 34.8 Å². The van der Waals surface area contributed by atoms with Crippen LogP contribution in [0.3, 0.4) is 0 Å². The molecule has 4 heterocycles. The van der Waals surface area contributed by atoms with Gasteiger partial charge in [-0.3, -0.25) is 57.5 Å². The summed E-state index contributed by atoms with van der Waals surface area (Å²) in [4.78, 5) is 147. The molecule has 1 saturated heterocycles. The first kappa shape index (κ1) is 83.0. The Bertz CT molecular complexity index is 4060. The molecule has 3 aromatic carbocycles. The second-order valence-corrected chi connectivity index (χ2v) is 28.0. The third kappa shape index (κ3) is 20.5. The Hall–Kier alpha value is -10.7. The number of rotatable bonds is 41. The number of para-hydroxylation sites is 1. The lowest BCUT2D eigenvalue weighted by Gasteiger charge is -2.38. The summed E-state index contributed by atoms with van der Waals surface area (Å²) in [5.74, 6) is -10.5. The number of carbonyl (C=O) groups is 10. The molecule has 8 rings (SSSR count). The third-order valence-corrected chi connectivity index (χ3v) is 20.9. The fraction of sp³-hybridized carbons (Fsp3) is 0.521. The summed E-state index contributed by atoms with van der Waals surface area (Å²) in [6.07, 6.45) is 1.22. The number of primary amides is 1. The molecular weight excluding hydrogens is 1420 g/mol. The van der Waals surface area contributed by atoms with Crippen molar-refractivity contribution in [2.45, 2.75) is 164 Å². The molecule has 0 saturated carbocycles. The van der Waals surface area contributed by atoms with Crippen LogP contribution >= 0.6 is 11.8 Å². The van der Waals surface area contributed by atoms with Crippen molar-refractivity contribution >= 4 is 87.8 Å². The zero-order valence-electron chi connectivity index (χ0n) is 61.8. The van der Waals surface area contributed by atoms with Crippen molar-refractivity contribution in [3.05, 3.63) is 83.0 Å². The molecule has 3 aliphatic rings. The first-order valence-electron chi connectivity index (χ1n) is 35.9. The van der Waals surface area contributed by atoms with Crippen LogP contribution in [0.25, 0.3) is 10.9 Å². The summed E-state index contributed by atoms with van der Waals surface area (Å²) in [7, 11) is 5.86. The molecule has 0 radical (unpaired) electrons. The van der Waals surface area contributed by atoms with Crippen molar-refractivity contribution in [2.75, 3.05) is 60.6 Å². The third-order valence-electron chi connectivity index (χ3n) is 19.8. The summed E-state index contributed by atoms with van der Waals surface area (Å²) < 4.78 is 41.4. The van der Waals surface area contributed by atoms with Crippen molar-refractivity contribution < 1.29 is 91.3 Å². The van der Waals surface area contributed by atoms with Gasteiger partial charge in [0.1, 0.15) is 42.4 Å². The fourth-order valence-corrected chi connectivity index (χ4v) is 14.3. The Morgan fingerprint density at radius 2 is 1.29 bits per heavy atom. The van der Waals surface area contributed by atoms with E-state index in [1.54, 1.807) is 51.2 Å². The van der Waals surface area contributed by atoms with Crippen LogP contribution in [0.4, 0.5) is 0 Å². The van der Waals surface area contributed by atoms with Gasteiger partial charge in [-0.25, -0.2) is 0 Å². The minimum Gasteiger partial charge on any atom is -0.494 e. The van der Waals surface area contributed by atoms with E-state index in [9.17, 15) is 58.2 Å². The van der Waals surface area contributed by atoms with Gasteiger partial charge in [0.2, 0.25) is 65.7 Å². The Morgan fingerprint density at radius 3 is 1.88 bits per heavy atom. The molecule has 2 aliphatic heterocycles. The molecule has 13 atom stereocenters. The lowest BCUT2D eigenvalue weighted by atomic mass is 9.66. The number of fused-ring (bicyclic) bond motifs is 4. The summed E-state index contributed by atoms with van der Waals surface area (Å²) in [6.45, 7) is 6.80. The second kappa shape index (κ2) is 38.7. The normalized spacial score (nSPS) is 17.9. The van der Waals surface area contributed by atoms with Crippen LogP contribution in [-0.2, 0) is 70.4 Å². The van der Waals surface area contributed by atoms with E-state index >= 15 is 0 Å². The Morgan fingerprint density at radius 1 is 0.704 bits per heavy atom. The van der Waals surface area contributed by atoms with Gasteiger partial charge in [0.05, 0.1) is 51.2 Å². The van der Waals surface area contributed by atoms with Crippen molar-refractivity contribution in [1.29, 1.82) is 0 Å². The summed E-state index contributed by atoms with van der Waals surface area (Å²) in [5, 5.41) is 42.4. The van der Waals surface area contributed by atoms with E-state index in [1.807, 2.05) is 31.2 Å². The van der Waals surface area contributed by atoms with E-state index in [-0.39, 0.29) is 81.7 Å². The number of aliphatic imine (C=N–C) groups is 1. The number of methoxy groups -OCH3 is 3. The summed E-state index contributed by atoms with van der Waals surface area (Å²) in [5.41, 5.74) is 32.3. The number of nitrogens with zero attached hydrogens (tertiary/aromatic N) is 2. The molecule has 1 fully saturated rings. The lowest BCUT2D eigenvalue weighted by molar-refractivity contribution is -0.155. The summed E-state index contributed by atoms with van der Waals surface area (Å²) >= 11 is 0.858. The van der Waals surface area contributed by atoms with E-state index in [2.05, 4.69) is 47.2 Å². The van der Waals surface area contributed by atoms with Gasteiger partial charge in [0, 0.05) is 79.3 Å². The number of aromatic hydroxyl groups is 2. The molecule has 1 aliphatic carbocycles. The first-order chi connectivity index (χ1) is 51.7. The number of hydrogen-bond acceptors (Lipinski definition) is 23. The SMILES string of the molecule is CCC(C)[C@@H](NC(=O)[C@@H](CCCCN)NC(=O)C(NC(=O)[C@@H](CCC(N)=O)NC(=O)[C@@H](CCCN=C(N)N)NC(=O)[C@@H](N)CSc1cc(O)n(CCC(=O)O[C@H]2c3cc4c(cc3[C@@H](c3cc(OC)c(OC)c(OC)c3)[C@H]3C(=O)OC[C@@H]32)OCO4)c1O)[C@H](C)CC)C(=O)N[C@H](Cc1c[nH]c2ccccc12)C(=O)NC. The molecule has 2 aromatic heterocycles. The van der Waals surface area contributed by atoms with Crippen LogP contribution in [-0.4, -0.2) is 188 Å². The van der Waals surface area contributed by atoms with Crippen LogP contribution in [0, 0.1) is 23.7 Å². The predicted octanol–water partition coefficient (Wildman–Crippen LogP) is 1.60. The number of guanidine groups is 1. The average Bonchev–Trinajstić information content (AvgIpc) is 1.44. The number of nitrogens with one attached hydrogen (secondary N) is 8. The van der Waals surface area contributed by atoms with Crippen LogP contribution in [0.15, 0.2) is 70.7 Å². The molecule has 8 amide bonds. The maximum absolute atomic E-state index is 14.6. The maximum atomic E-state index is 14.6. The van der Waals surface area contributed by atoms with Crippen LogP contribution in [0.5, 0.6) is 40.5 Å². The van der Waals surface area contributed by atoms with Crippen molar-refractivity contribution in [3.8, 4) is 40.5 Å². The molecule has 5 aromatic rings. The number of ether oxygens (including phenoxy) is 7. The van der Waals surface area contributed by atoms with Gasteiger partial charge in [-0.1, -0.05) is 58.7 Å². The number of unbranched alkanes of at least 4 members (excludes halogenated alkanes) is 1. The van der Waals surface area contributed by atoms with Crippen molar-refractivity contribution in [3.63, 3.8) is 0 Å². The number of esters is 2. The van der Waals surface area contributed by atoms with Crippen molar-refractivity contribution in [2.24, 2.45) is 57.3 Å². The van der Waals surface area contributed by atoms with E-state index in [1.165, 1.54) is 34.4 Å². The smallest absolute Gasteiger partial charge is 0.310 e. The molecule has 108 heavy (non-hydrogen) atoms. The number of nitrogens with two attached hydrogens (primary N) is 5. The Labute approximate surface area is 628 Å². The quantitative estimate of drug-likeness (QED) is 0.00869. The van der Waals surface area contributed by atoms with Crippen LogP contribution < -0.4 is 89.6 Å². The predicted molar refractivity (Wildman–Crippen MR) is 396 cm³/mol. The van der Waals surface area contributed by atoms with E-state index in [0.717, 1.165) is 32.8 Å². The number of hydrogen-bond donors (Lipinski definition) is 15. The number of thioether (sulfide) groups is 1. The van der Waals surface area contributed by atoms with Gasteiger partial charge in [-0.15, -0.1) is 11.8 Å².